The number of nitrogens with zero attached hydrogens (tertiary/aromatic N) is 2. The Bertz CT molecular complexity index is 1160. The van der Waals surface area contributed by atoms with Gasteiger partial charge in [0.2, 0.25) is 0 Å². The van der Waals surface area contributed by atoms with E-state index in [0.29, 0.717) is 16.7 Å². The Morgan fingerprint density at radius 1 is 0.882 bits per heavy atom. The highest BCUT2D eigenvalue weighted by molar-refractivity contribution is 6.06. The van der Waals surface area contributed by atoms with Gasteiger partial charge in [0.15, 0.2) is 5.78 Å². The van der Waals surface area contributed by atoms with Crippen LogP contribution in [0.15, 0.2) is 66.7 Å². The molecule has 6 heteroatoms. The van der Waals surface area contributed by atoms with Crippen LogP contribution in [0.2, 0.25) is 0 Å². The molecule has 176 valence electrons. The lowest BCUT2D eigenvalue weighted by Crippen LogP contribution is -2.28. The topological polar surface area (TPSA) is 52.7 Å². The molecule has 0 aliphatic carbocycles. The summed E-state index contributed by atoms with van der Waals surface area (Å²) in [6, 6.07) is 19.2. The Hall–Kier alpha value is -3.51. The molecular formula is C28H30FN3O2. The first-order valence-corrected chi connectivity index (χ1v) is 11.6. The Morgan fingerprint density at radius 3 is 2.32 bits per heavy atom. The van der Waals surface area contributed by atoms with E-state index in [1.807, 2.05) is 31.2 Å². The fourth-order valence-electron chi connectivity index (χ4n) is 4.18. The summed E-state index contributed by atoms with van der Waals surface area (Å²) in [4.78, 5) is 30.3. The molecule has 0 atom stereocenters. The van der Waals surface area contributed by atoms with Crippen LogP contribution in [0.3, 0.4) is 0 Å². The molecular weight excluding hydrogens is 429 g/mol. The number of likely N-dealkylation sites (N-methyl/N-ethyl adjacent to an activating group) is 1. The fraction of sp³-hybridized carbons (Fsp3) is 0.286. The minimum absolute atomic E-state index is 0.00121. The number of carbonyl (C=O) groups is 2. The fourth-order valence-corrected chi connectivity index (χ4v) is 4.18. The van der Waals surface area contributed by atoms with E-state index >= 15 is 0 Å². The maximum atomic E-state index is 14.7. The van der Waals surface area contributed by atoms with E-state index in [0.717, 1.165) is 43.9 Å². The molecule has 4 rings (SSSR count). The van der Waals surface area contributed by atoms with E-state index in [1.165, 1.54) is 6.07 Å². The minimum atomic E-state index is -0.562. The molecule has 0 radical (unpaired) electrons. The molecule has 1 aliphatic heterocycles. The number of aryl methyl sites for hydroxylation is 1. The van der Waals surface area contributed by atoms with Crippen molar-refractivity contribution in [3.63, 3.8) is 0 Å². The first-order valence-electron chi connectivity index (χ1n) is 11.6. The van der Waals surface area contributed by atoms with Crippen molar-refractivity contribution in [1.29, 1.82) is 0 Å². The second-order valence-electron chi connectivity index (χ2n) is 8.88. The van der Waals surface area contributed by atoms with Gasteiger partial charge in [0.05, 0.1) is 5.69 Å². The molecule has 1 amide bonds. The molecule has 3 aromatic carbocycles. The van der Waals surface area contributed by atoms with Gasteiger partial charge in [-0.2, -0.15) is 0 Å². The van der Waals surface area contributed by atoms with Gasteiger partial charge in [-0.15, -0.1) is 0 Å². The number of amides is 1. The number of carbonyl (C=O) groups excluding carboxylic acids is 2. The standard InChI is InChI=1S/C28H30FN3O2/c1-20-7-9-21(10-8-20)26(33)19-23-5-3-6-25(29)27(23)30-28(34)22-11-13-24(14-12-22)32-16-4-15-31(2)17-18-32/h3,5-14H,4,15-19H2,1-2H3,(H,30,34). The number of halogens is 1. The van der Waals surface area contributed by atoms with Gasteiger partial charge in [0.1, 0.15) is 5.82 Å². The van der Waals surface area contributed by atoms with Crippen molar-refractivity contribution in [2.75, 3.05) is 43.4 Å². The van der Waals surface area contributed by atoms with E-state index in [-0.39, 0.29) is 17.9 Å². The van der Waals surface area contributed by atoms with Gasteiger partial charge in [-0.3, -0.25) is 9.59 Å². The first kappa shape index (κ1) is 23.6. The van der Waals surface area contributed by atoms with Gasteiger partial charge >= 0.3 is 0 Å². The molecule has 34 heavy (non-hydrogen) atoms. The molecule has 0 bridgehead atoms. The van der Waals surface area contributed by atoms with Crippen LogP contribution in [-0.4, -0.2) is 49.8 Å². The Kier molecular flexibility index (Phi) is 7.38. The number of ketones is 1. The molecule has 0 unspecified atom stereocenters. The van der Waals surface area contributed by atoms with E-state index in [9.17, 15) is 14.0 Å². The minimum Gasteiger partial charge on any atom is -0.370 e. The predicted octanol–water partition coefficient (Wildman–Crippen LogP) is 4.95. The molecule has 0 spiro atoms. The molecule has 1 N–H and O–H groups in total. The van der Waals surface area contributed by atoms with Crippen LogP contribution in [0.1, 0.15) is 38.3 Å². The van der Waals surface area contributed by atoms with Crippen LogP contribution in [0.5, 0.6) is 0 Å². The highest BCUT2D eigenvalue weighted by atomic mass is 19.1. The largest absolute Gasteiger partial charge is 0.370 e. The number of hydrogen-bond acceptors (Lipinski definition) is 4. The van der Waals surface area contributed by atoms with E-state index in [1.54, 1.807) is 36.4 Å². The third-order valence-corrected chi connectivity index (χ3v) is 6.28. The summed E-state index contributed by atoms with van der Waals surface area (Å²) in [5.41, 5.74) is 3.63. The summed E-state index contributed by atoms with van der Waals surface area (Å²) in [5, 5.41) is 2.69. The van der Waals surface area contributed by atoms with E-state index in [2.05, 4.69) is 22.2 Å². The number of anilines is 2. The first-order chi connectivity index (χ1) is 16.4. The van der Waals surface area contributed by atoms with Gasteiger partial charge in [-0.25, -0.2) is 4.39 Å². The summed E-state index contributed by atoms with van der Waals surface area (Å²) in [7, 11) is 2.13. The third-order valence-electron chi connectivity index (χ3n) is 6.28. The molecule has 1 heterocycles. The number of nitrogens with one attached hydrogen (secondary N) is 1. The average Bonchev–Trinajstić information content (AvgIpc) is 3.06. The van der Waals surface area contributed by atoms with E-state index < -0.39 is 11.7 Å². The van der Waals surface area contributed by atoms with Crippen LogP contribution >= 0.6 is 0 Å². The maximum absolute atomic E-state index is 14.7. The highest BCUT2D eigenvalue weighted by Crippen LogP contribution is 2.24. The number of benzene rings is 3. The zero-order chi connectivity index (χ0) is 24.1. The normalized spacial score (nSPS) is 14.5. The highest BCUT2D eigenvalue weighted by Gasteiger charge is 2.17. The SMILES string of the molecule is Cc1ccc(C(=O)Cc2cccc(F)c2NC(=O)c2ccc(N3CCCN(C)CC3)cc2)cc1. The molecule has 1 aliphatic rings. The number of Topliss-reactive ketones (excluding diaryl/α,β-unsaturated/α-hetero) is 1. The predicted molar refractivity (Wildman–Crippen MR) is 134 cm³/mol. The van der Waals surface area contributed by atoms with Gasteiger partial charge in [0.25, 0.3) is 5.91 Å². The van der Waals surface area contributed by atoms with Crippen molar-refractivity contribution < 1.29 is 14.0 Å². The summed E-state index contributed by atoms with van der Waals surface area (Å²) in [6.45, 7) is 5.95. The summed E-state index contributed by atoms with van der Waals surface area (Å²) in [5.74, 6) is -1.10. The van der Waals surface area contributed by atoms with Gasteiger partial charge in [-0.1, -0.05) is 42.0 Å². The summed E-state index contributed by atoms with van der Waals surface area (Å²) in [6.07, 6.45) is 1.09. The smallest absolute Gasteiger partial charge is 0.255 e. The van der Waals surface area contributed by atoms with Crippen molar-refractivity contribution in [3.8, 4) is 0 Å². The lowest BCUT2D eigenvalue weighted by Gasteiger charge is -2.23. The summed E-state index contributed by atoms with van der Waals surface area (Å²) >= 11 is 0. The van der Waals surface area contributed by atoms with Gasteiger partial charge in [-0.05, 0) is 62.8 Å². The number of para-hydroxylation sites is 1. The van der Waals surface area contributed by atoms with Crippen molar-refractivity contribution in [2.24, 2.45) is 0 Å². The second-order valence-corrected chi connectivity index (χ2v) is 8.88. The van der Waals surface area contributed by atoms with Crippen molar-refractivity contribution in [3.05, 3.63) is 94.8 Å². The van der Waals surface area contributed by atoms with Crippen molar-refractivity contribution in [2.45, 2.75) is 19.8 Å². The zero-order valence-electron chi connectivity index (χ0n) is 19.7. The number of rotatable bonds is 6. The third kappa shape index (κ3) is 5.69. The zero-order valence-corrected chi connectivity index (χ0v) is 19.7. The van der Waals surface area contributed by atoms with E-state index in [4.69, 9.17) is 0 Å². The molecule has 0 aromatic heterocycles. The molecule has 3 aromatic rings. The lowest BCUT2D eigenvalue weighted by atomic mass is 10.0. The monoisotopic (exact) mass is 459 g/mol. The van der Waals surface area contributed by atoms with Gasteiger partial charge in [0, 0.05) is 42.9 Å². The summed E-state index contributed by atoms with van der Waals surface area (Å²) < 4.78 is 14.7. The second kappa shape index (κ2) is 10.6. The Balaban J connectivity index is 1.47. The van der Waals surface area contributed by atoms with Gasteiger partial charge < -0.3 is 15.1 Å². The van der Waals surface area contributed by atoms with Crippen LogP contribution in [0.25, 0.3) is 0 Å². The Morgan fingerprint density at radius 2 is 1.59 bits per heavy atom. The lowest BCUT2D eigenvalue weighted by molar-refractivity contribution is 0.0988. The molecule has 5 nitrogen and oxygen atoms in total. The Labute approximate surface area is 200 Å². The van der Waals surface area contributed by atoms with Crippen molar-refractivity contribution in [1.82, 2.24) is 4.90 Å². The molecule has 1 saturated heterocycles. The van der Waals surface area contributed by atoms with Crippen LogP contribution in [-0.2, 0) is 6.42 Å². The molecule has 0 saturated carbocycles. The van der Waals surface area contributed by atoms with Crippen LogP contribution in [0.4, 0.5) is 15.8 Å². The van der Waals surface area contributed by atoms with Crippen LogP contribution < -0.4 is 10.2 Å². The average molecular weight is 460 g/mol. The maximum Gasteiger partial charge on any atom is 0.255 e. The quantitative estimate of drug-likeness (QED) is 0.530. The van der Waals surface area contributed by atoms with Crippen LogP contribution in [0, 0.1) is 12.7 Å². The van der Waals surface area contributed by atoms with Crippen molar-refractivity contribution >= 4 is 23.1 Å². The molecule has 1 fully saturated rings. The number of hydrogen-bond donors (Lipinski definition) is 1.